The van der Waals surface area contributed by atoms with Crippen LogP contribution in [0, 0.1) is 0 Å². The maximum Gasteiger partial charge on any atom is 0.266 e. The Labute approximate surface area is 128 Å². The van der Waals surface area contributed by atoms with Gasteiger partial charge in [0, 0.05) is 13.5 Å². The second kappa shape index (κ2) is 5.07. The van der Waals surface area contributed by atoms with Gasteiger partial charge in [-0.2, -0.15) is 5.06 Å². The van der Waals surface area contributed by atoms with Gasteiger partial charge in [-0.15, -0.1) is 0 Å². The molecule has 3 fully saturated rings. The SMILES string of the molecule is CN1O[C@H]2CC(=O)CN3C(=O)[C@H](Oc4ccccc4)[C@@H]3[C@@H]1C2. The van der Waals surface area contributed by atoms with E-state index in [2.05, 4.69) is 0 Å². The van der Waals surface area contributed by atoms with Crippen molar-refractivity contribution >= 4 is 11.7 Å². The van der Waals surface area contributed by atoms with Gasteiger partial charge in [0.1, 0.15) is 5.75 Å². The fourth-order valence-electron chi connectivity index (χ4n) is 3.65. The third kappa shape index (κ3) is 2.10. The smallest absolute Gasteiger partial charge is 0.266 e. The summed E-state index contributed by atoms with van der Waals surface area (Å²) < 4.78 is 5.88. The summed E-state index contributed by atoms with van der Waals surface area (Å²) >= 11 is 0. The van der Waals surface area contributed by atoms with E-state index in [4.69, 9.17) is 9.57 Å². The number of hydrogen-bond donors (Lipinski definition) is 0. The van der Waals surface area contributed by atoms with E-state index in [-0.39, 0.29) is 36.4 Å². The van der Waals surface area contributed by atoms with Gasteiger partial charge in [-0.05, 0) is 18.6 Å². The van der Waals surface area contributed by atoms with Crippen LogP contribution in [0.2, 0.25) is 0 Å². The quantitative estimate of drug-likeness (QED) is 0.750. The number of carbonyl (C=O) groups excluding carboxylic acids is 2. The highest BCUT2D eigenvalue weighted by atomic mass is 16.7. The predicted molar refractivity (Wildman–Crippen MR) is 77.0 cm³/mol. The van der Waals surface area contributed by atoms with Gasteiger partial charge < -0.3 is 9.64 Å². The van der Waals surface area contributed by atoms with Crippen molar-refractivity contribution in [1.82, 2.24) is 9.96 Å². The maximum absolute atomic E-state index is 12.4. The lowest BCUT2D eigenvalue weighted by Crippen LogP contribution is -2.73. The fourth-order valence-corrected chi connectivity index (χ4v) is 3.65. The van der Waals surface area contributed by atoms with E-state index in [1.54, 1.807) is 9.96 Å². The van der Waals surface area contributed by atoms with Gasteiger partial charge in [-0.1, -0.05) is 18.2 Å². The molecule has 0 radical (unpaired) electrons. The number of hydrogen-bond acceptors (Lipinski definition) is 5. The second-order valence-corrected chi connectivity index (χ2v) is 6.13. The first kappa shape index (κ1) is 13.7. The van der Waals surface area contributed by atoms with Crippen LogP contribution in [0.15, 0.2) is 30.3 Å². The molecule has 3 aliphatic heterocycles. The summed E-state index contributed by atoms with van der Waals surface area (Å²) in [7, 11) is 1.86. The third-order valence-electron chi connectivity index (χ3n) is 4.69. The Morgan fingerprint density at radius 1 is 1.23 bits per heavy atom. The van der Waals surface area contributed by atoms with Crippen LogP contribution in [0.25, 0.3) is 0 Å². The number of hydroxylamine groups is 2. The van der Waals surface area contributed by atoms with Crippen molar-refractivity contribution in [2.45, 2.75) is 37.1 Å². The second-order valence-electron chi connectivity index (χ2n) is 6.13. The summed E-state index contributed by atoms with van der Waals surface area (Å²) in [6.45, 7) is 0.169. The molecule has 116 valence electrons. The van der Waals surface area contributed by atoms with Gasteiger partial charge in [0.25, 0.3) is 5.91 Å². The lowest BCUT2D eigenvalue weighted by Gasteiger charge is -2.49. The molecule has 4 atom stereocenters. The van der Waals surface area contributed by atoms with E-state index >= 15 is 0 Å². The molecule has 3 saturated heterocycles. The van der Waals surface area contributed by atoms with E-state index in [0.29, 0.717) is 12.2 Å². The molecule has 3 aliphatic rings. The molecular weight excluding hydrogens is 284 g/mol. The van der Waals surface area contributed by atoms with Gasteiger partial charge in [-0.25, -0.2) is 0 Å². The molecule has 0 spiro atoms. The summed E-state index contributed by atoms with van der Waals surface area (Å²) in [5, 5.41) is 1.79. The van der Waals surface area contributed by atoms with Gasteiger partial charge in [0.15, 0.2) is 11.9 Å². The van der Waals surface area contributed by atoms with Crippen molar-refractivity contribution in [1.29, 1.82) is 0 Å². The lowest BCUT2D eigenvalue weighted by atomic mass is 9.85. The highest BCUT2D eigenvalue weighted by Gasteiger charge is 2.57. The number of ketones is 1. The Balaban J connectivity index is 1.59. The molecule has 0 saturated carbocycles. The fraction of sp³-hybridized carbons (Fsp3) is 0.500. The molecule has 6 nitrogen and oxygen atoms in total. The molecule has 2 bridgehead atoms. The molecule has 22 heavy (non-hydrogen) atoms. The molecule has 0 unspecified atom stereocenters. The van der Waals surface area contributed by atoms with Gasteiger partial charge in [0.05, 0.1) is 24.7 Å². The van der Waals surface area contributed by atoms with Crippen LogP contribution in [0.1, 0.15) is 12.8 Å². The van der Waals surface area contributed by atoms with E-state index < -0.39 is 6.10 Å². The predicted octanol–water partition coefficient (Wildman–Crippen LogP) is 0.622. The Bertz CT molecular complexity index is 605. The van der Waals surface area contributed by atoms with Crippen LogP contribution in [-0.2, 0) is 14.4 Å². The van der Waals surface area contributed by atoms with Crippen LogP contribution >= 0.6 is 0 Å². The van der Waals surface area contributed by atoms with Crippen molar-refractivity contribution in [3.63, 3.8) is 0 Å². The minimum Gasteiger partial charge on any atom is -0.478 e. The molecular formula is C16H18N2O4. The molecule has 1 aromatic rings. The van der Waals surface area contributed by atoms with Crippen molar-refractivity contribution in [2.24, 2.45) is 0 Å². The Morgan fingerprint density at radius 3 is 2.77 bits per heavy atom. The number of fused-ring (bicyclic) bond motifs is 4. The summed E-state index contributed by atoms with van der Waals surface area (Å²) in [6, 6.07) is 9.26. The minimum absolute atomic E-state index is 0.0512. The standard InChI is InChI=1S/C16H18N2O4/c1-17-13-8-12(22-17)7-10(19)9-18-14(13)15(16(18)20)21-11-5-3-2-4-6-11/h2-6,12-15H,7-9H2,1H3/t12-,13-,14-,15+/m0/s1. The number of para-hydroxylation sites is 1. The summed E-state index contributed by atoms with van der Waals surface area (Å²) in [5.41, 5.74) is 0. The zero-order chi connectivity index (χ0) is 15.3. The number of nitrogens with zero attached hydrogens (tertiary/aromatic N) is 2. The number of β-lactam (4-membered cyclic amide) rings is 1. The average molecular weight is 302 g/mol. The van der Waals surface area contributed by atoms with Crippen molar-refractivity contribution < 1.29 is 19.2 Å². The molecule has 1 amide bonds. The number of carbonyl (C=O) groups is 2. The minimum atomic E-state index is -0.539. The zero-order valence-electron chi connectivity index (χ0n) is 12.3. The van der Waals surface area contributed by atoms with Crippen LogP contribution in [-0.4, -0.2) is 59.5 Å². The first-order valence-electron chi connectivity index (χ1n) is 7.57. The average Bonchev–Trinajstić information content (AvgIpc) is 2.86. The van der Waals surface area contributed by atoms with Gasteiger partial charge in [0.2, 0.25) is 0 Å². The highest BCUT2D eigenvalue weighted by molar-refractivity contribution is 5.94. The van der Waals surface area contributed by atoms with Crippen molar-refractivity contribution in [2.75, 3.05) is 13.6 Å². The molecule has 4 rings (SSSR count). The van der Waals surface area contributed by atoms with Crippen LogP contribution in [0.5, 0.6) is 5.75 Å². The van der Waals surface area contributed by atoms with Crippen molar-refractivity contribution in [3.8, 4) is 5.75 Å². The molecule has 0 N–H and O–H groups in total. The van der Waals surface area contributed by atoms with E-state index in [0.717, 1.165) is 6.42 Å². The normalized spacial score (nSPS) is 34.7. The number of ether oxygens (including phenoxy) is 1. The van der Waals surface area contributed by atoms with Crippen LogP contribution in [0.3, 0.4) is 0 Å². The van der Waals surface area contributed by atoms with E-state index in [1.165, 1.54) is 0 Å². The zero-order valence-corrected chi connectivity index (χ0v) is 12.3. The van der Waals surface area contributed by atoms with Crippen molar-refractivity contribution in [3.05, 3.63) is 30.3 Å². The van der Waals surface area contributed by atoms with Gasteiger partial charge in [-0.3, -0.25) is 14.4 Å². The summed E-state index contributed by atoms with van der Waals surface area (Å²) in [5.74, 6) is 0.614. The number of amides is 1. The topological polar surface area (TPSA) is 59.1 Å². The first-order valence-corrected chi connectivity index (χ1v) is 7.57. The molecule has 6 heteroatoms. The van der Waals surface area contributed by atoms with E-state index in [9.17, 15) is 9.59 Å². The summed E-state index contributed by atoms with van der Waals surface area (Å²) in [4.78, 5) is 31.7. The Morgan fingerprint density at radius 2 is 2.00 bits per heavy atom. The molecule has 3 heterocycles. The number of likely N-dealkylation sites (N-methyl/N-ethyl adjacent to an activating group) is 1. The molecule has 0 aromatic heterocycles. The largest absolute Gasteiger partial charge is 0.478 e. The number of rotatable bonds is 2. The number of benzene rings is 1. The van der Waals surface area contributed by atoms with E-state index in [1.807, 2.05) is 37.4 Å². The number of Topliss-reactive ketones (excluding diaryl/α,β-unsaturated/α-hetero) is 1. The highest BCUT2D eigenvalue weighted by Crippen LogP contribution is 2.37. The van der Waals surface area contributed by atoms with Crippen LogP contribution < -0.4 is 4.74 Å². The molecule has 0 aliphatic carbocycles. The lowest BCUT2D eigenvalue weighted by molar-refractivity contribution is -0.184. The monoisotopic (exact) mass is 302 g/mol. The first-order chi connectivity index (χ1) is 10.6. The summed E-state index contributed by atoms with van der Waals surface area (Å²) in [6.07, 6.45) is 0.521. The van der Waals surface area contributed by atoms with Crippen LogP contribution in [0.4, 0.5) is 0 Å². The third-order valence-corrected chi connectivity index (χ3v) is 4.69. The Hall–Kier alpha value is -1.92. The van der Waals surface area contributed by atoms with Gasteiger partial charge >= 0.3 is 0 Å². The Kier molecular flexibility index (Phi) is 3.16. The molecule has 1 aromatic carbocycles. The maximum atomic E-state index is 12.4.